The number of rotatable bonds is 4. The van der Waals surface area contributed by atoms with Crippen LogP contribution in [-0.2, 0) is 16.1 Å². The lowest BCUT2D eigenvalue weighted by atomic mass is 10.0. The van der Waals surface area contributed by atoms with Crippen molar-refractivity contribution in [3.63, 3.8) is 0 Å². The predicted molar refractivity (Wildman–Crippen MR) is 85.1 cm³/mol. The molecule has 4 nitrogen and oxygen atoms in total. The van der Waals surface area contributed by atoms with Crippen molar-refractivity contribution in [2.45, 2.75) is 19.4 Å². The third kappa shape index (κ3) is 3.71. The number of benzene rings is 1. The Labute approximate surface area is 130 Å². The van der Waals surface area contributed by atoms with Crippen LogP contribution in [0.15, 0.2) is 48.8 Å². The lowest BCUT2D eigenvalue weighted by molar-refractivity contribution is -0.129. The van der Waals surface area contributed by atoms with Crippen molar-refractivity contribution in [2.24, 2.45) is 5.92 Å². The van der Waals surface area contributed by atoms with Gasteiger partial charge < -0.3 is 10.1 Å². The normalized spacial score (nSPS) is 17.9. The summed E-state index contributed by atoms with van der Waals surface area (Å²) in [5.41, 5.74) is 3.32. The Bertz CT molecular complexity index is 605. The van der Waals surface area contributed by atoms with E-state index < -0.39 is 0 Å². The van der Waals surface area contributed by atoms with Gasteiger partial charge in [-0.3, -0.25) is 9.78 Å². The van der Waals surface area contributed by atoms with Crippen LogP contribution < -0.4 is 5.32 Å². The van der Waals surface area contributed by atoms with Gasteiger partial charge in [0, 0.05) is 25.5 Å². The molecule has 2 aromatic rings. The topological polar surface area (TPSA) is 51.2 Å². The molecule has 4 heteroatoms. The van der Waals surface area contributed by atoms with Gasteiger partial charge in [0.2, 0.25) is 5.91 Å². The van der Waals surface area contributed by atoms with E-state index in [4.69, 9.17) is 4.74 Å². The summed E-state index contributed by atoms with van der Waals surface area (Å²) < 4.78 is 5.35. The van der Waals surface area contributed by atoms with E-state index in [1.165, 1.54) is 0 Å². The van der Waals surface area contributed by atoms with E-state index in [9.17, 15) is 4.79 Å². The molecule has 1 aliphatic heterocycles. The molecule has 1 saturated heterocycles. The molecule has 0 radical (unpaired) electrons. The molecule has 1 atom stereocenters. The van der Waals surface area contributed by atoms with Crippen molar-refractivity contribution >= 4 is 5.91 Å². The molecule has 1 amide bonds. The third-order valence-corrected chi connectivity index (χ3v) is 3.95. The first-order valence-corrected chi connectivity index (χ1v) is 7.68. The average molecular weight is 296 g/mol. The quantitative estimate of drug-likeness (QED) is 0.944. The first-order valence-electron chi connectivity index (χ1n) is 7.68. The molecule has 2 heterocycles. The Morgan fingerprint density at radius 1 is 1.23 bits per heavy atom. The van der Waals surface area contributed by atoms with Crippen LogP contribution in [0, 0.1) is 5.92 Å². The van der Waals surface area contributed by atoms with Gasteiger partial charge in [-0.25, -0.2) is 0 Å². The number of aromatic nitrogens is 1. The minimum absolute atomic E-state index is 0.00316. The largest absolute Gasteiger partial charge is 0.381 e. The highest BCUT2D eigenvalue weighted by Crippen LogP contribution is 2.18. The van der Waals surface area contributed by atoms with Crippen molar-refractivity contribution in [3.05, 3.63) is 54.4 Å². The van der Waals surface area contributed by atoms with Gasteiger partial charge in [0.25, 0.3) is 0 Å². The summed E-state index contributed by atoms with van der Waals surface area (Å²) in [5, 5.41) is 3.00. The average Bonchev–Trinajstić information content (AvgIpc) is 2.61. The Balaban J connectivity index is 1.56. The Kier molecular flexibility index (Phi) is 4.81. The first-order chi connectivity index (χ1) is 10.8. The van der Waals surface area contributed by atoms with E-state index in [2.05, 4.69) is 22.4 Å². The number of hydrogen-bond donors (Lipinski definition) is 1. The van der Waals surface area contributed by atoms with E-state index in [0.29, 0.717) is 13.2 Å². The van der Waals surface area contributed by atoms with Crippen LogP contribution in [0.1, 0.15) is 18.4 Å². The van der Waals surface area contributed by atoms with Crippen LogP contribution in [0.5, 0.6) is 0 Å². The standard InChI is InChI=1S/C18H20N2O2/c21-18(17-4-2-10-22-13-17)20-11-14-5-7-15(8-6-14)16-3-1-9-19-12-16/h1,3,5-9,12,17H,2,4,10-11,13H2,(H,20,21)/t17-/m1/s1. The van der Waals surface area contributed by atoms with Crippen LogP contribution in [0.2, 0.25) is 0 Å². The maximum absolute atomic E-state index is 12.1. The van der Waals surface area contributed by atoms with Crippen LogP contribution in [0.25, 0.3) is 11.1 Å². The summed E-state index contributed by atoms with van der Waals surface area (Å²) in [6.45, 7) is 1.88. The second kappa shape index (κ2) is 7.18. The number of amides is 1. The van der Waals surface area contributed by atoms with Crippen LogP contribution in [0.3, 0.4) is 0 Å². The molecule has 0 saturated carbocycles. The van der Waals surface area contributed by atoms with Gasteiger partial charge in [-0.05, 0) is 35.6 Å². The number of nitrogens with one attached hydrogen (secondary N) is 1. The van der Waals surface area contributed by atoms with Crippen molar-refractivity contribution < 1.29 is 9.53 Å². The molecule has 1 aromatic heterocycles. The number of carbonyl (C=O) groups is 1. The number of pyridine rings is 1. The van der Waals surface area contributed by atoms with E-state index in [1.54, 1.807) is 6.20 Å². The van der Waals surface area contributed by atoms with Crippen LogP contribution in [0.4, 0.5) is 0 Å². The summed E-state index contributed by atoms with van der Waals surface area (Å²) >= 11 is 0. The van der Waals surface area contributed by atoms with E-state index in [1.807, 2.05) is 30.5 Å². The molecule has 1 aliphatic rings. The van der Waals surface area contributed by atoms with Gasteiger partial charge in [-0.1, -0.05) is 30.3 Å². The summed E-state index contributed by atoms with van der Waals surface area (Å²) in [6.07, 6.45) is 5.51. The third-order valence-electron chi connectivity index (χ3n) is 3.95. The molecular formula is C18H20N2O2. The van der Waals surface area contributed by atoms with E-state index in [0.717, 1.165) is 36.1 Å². The second-order valence-corrected chi connectivity index (χ2v) is 5.57. The van der Waals surface area contributed by atoms with Crippen molar-refractivity contribution in [3.8, 4) is 11.1 Å². The summed E-state index contributed by atoms with van der Waals surface area (Å²) in [4.78, 5) is 16.2. The smallest absolute Gasteiger partial charge is 0.225 e. The van der Waals surface area contributed by atoms with Crippen molar-refractivity contribution in [1.29, 1.82) is 0 Å². The molecule has 1 fully saturated rings. The molecule has 114 valence electrons. The Hall–Kier alpha value is -2.20. The first kappa shape index (κ1) is 14.7. The van der Waals surface area contributed by atoms with Gasteiger partial charge >= 0.3 is 0 Å². The van der Waals surface area contributed by atoms with Gasteiger partial charge in [0.05, 0.1) is 12.5 Å². The zero-order valence-electron chi connectivity index (χ0n) is 12.5. The predicted octanol–water partition coefficient (Wildman–Crippen LogP) is 2.79. The fourth-order valence-electron chi connectivity index (χ4n) is 2.63. The van der Waals surface area contributed by atoms with Crippen molar-refractivity contribution in [1.82, 2.24) is 10.3 Å². The maximum Gasteiger partial charge on any atom is 0.225 e. The molecular weight excluding hydrogens is 276 g/mol. The fourth-order valence-corrected chi connectivity index (χ4v) is 2.63. The molecule has 3 rings (SSSR count). The summed E-state index contributed by atoms with van der Waals surface area (Å²) in [5.74, 6) is 0.0967. The summed E-state index contributed by atoms with van der Waals surface area (Å²) in [6, 6.07) is 12.2. The highest BCUT2D eigenvalue weighted by Gasteiger charge is 2.21. The second-order valence-electron chi connectivity index (χ2n) is 5.57. The molecule has 0 unspecified atom stereocenters. The lowest BCUT2D eigenvalue weighted by Crippen LogP contribution is -2.35. The maximum atomic E-state index is 12.1. The lowest BCUT2D eigenvalue weighted by Gasteiger charge is -2.21. The van der Waals surface area contributed by atoms with Gasteiger partial charge in [0.15, 0.2) is 0 Å². The molecule has 0 aliphatic carbocycles. The zero-order valence-corrected chi connectivity index (χ0v) is 12.5. The minimum Gasteiger partial charge on any atom is -0.381 e. The zero-order chi connectivity index (χ0) is 15.2. The number of carbonyl (C=O) groups excluding carboxylic acids is 1. The number of nitrogens with zero attached hydrogens (tertiary/aromatic N) is 1. The highest BCUT2D eigenvalue weighted by molar-refractivity contribution is 5.78. The van der Waals surface area contributed by atoms with Crippen LogP contribution in [-0.4, -0.2) is 24.1 Å². The van der Waals surface area contributed by atoms with Crippen molar-refractivity contribution in [2.75, 3.05) is 13.2 Å². The van der Waals surface area contributed by atoms with E-state index in [-0.39, 0.29) is 11.8 Å². The van der Waals surface area contributed by atoms with Crippen LogP contribution >= 0.6 is 0 Å². The Morgan fingerprint density at radius 3 is 2.77 bits per heavy atom. The monoisotopic (exact) mass is 296 g/mol. The van der Waals surface area contributed by atoms with Gasteiger partial charge in [-0.2, -0.15) is 0 Å². The molecule has 22 heavy (non-hydrogen) atoms. The fraction of sp³-hybridized carbons (Fsp3) is 0.333. The summed E-state index contributed by atoms with van der Waals surface area (Å²) in [7, 11) is 0. The molecule has 0 spiro atoms. The minimum atomic E-state index is 0.00316. The molecule has 1 aromatic carbocycles. The number of ether oxygens (including phenoxy) is 1. The van der Waals surface area contributed by atoms with E-state index >= 15 is 0 Å². The van der Waals surface area contributed by atoms with Gasteiger partial charge in [-0.15, -0.1) is 0 Å². The SMILES string of the molecule is O=C(NCc1ccc(-c2cccnc2)cc1)[C@@H]1CCCOC1. The highest BCUT2D eigenvalue weighted by atomic mass is 16.5. The number of hydrogen-bond acceptors (Lipinski definition) is 3. The molecule has 0 bridgehead atoms. The Morgan fingerprint density at radius 2 is 2.09 bits per heavy atom. The van der Waals surface area contributed by atoms with Gasteiger partial charge in [0.1, 0.15) is 0 Å². The molecule has 1 N–H and O–H groups in total.